The number of halogens is 3. The minimum absolute atomic E-state index is 0.0172. The molecule has 0 bridgehead atoms. The lowest BCUT2D eigenvalue weighted by Gasteiger charge is -2.16. The third kappa shape index (κ3) is 5.73. The van der Waals surface area contributed by atoms with Crippen molar-refractivity contribution in [3.8, 4) is 5.75 Å². The number of rotatable bonds is 6. The van der Waals surface area contributed by atoms with Gasteiger partial charge in [0, 0.05) is 12.1 Å². The van der Waals surface area contributed by atoms with Crippen molar-refractivity contribution in [1.29, 1.82) is 0 Å². The first kappa shape index (κ1) is 20.3. The van der Waals surface area contributed by atoms with Crippen molar-refractivity contribution in [3.63, 3.8) is 0 Å². The molecule has 0 saturated heterocycles. The zero-order valence-corrected chi connectivity index (χ0v) is 14.8. The number of hydrogen-bond donors (Lipinski definition) is 1. The Hall–Kier alpha value is -3.04. The Kier molecular flexibility index (Phi) is 6.09. The molecule has 0 aliphatic rings. The van der Waals surface area contributed by atoms with E-state index in [4.69, 9.17) is 4.74 Å². The zero-order valence-electron chi connectivity index (χ0n) is 14.8. The van der Waals surface area contributed by atoms with E-state index in [0.29, 0.717) is 5.82 Å². The molecule has 1 aromatic heterocycles. The number of aromatic nitrogens is 2. The quantitative estimate of drug-likeness (QED) is 0.769. The second-order valence-corrected chi connectivity index (χ2v) is 5.86. The van der Waals surface area contributed by atoms with E-state index in [1.807, 2.05) is 13.8 Å². The smallest absolute Gasteiger partial charge is 0.449 e. The molecule has 1 atom stereocenters. The average Bonchev–Trinajstić information content (AvgIpc) is 3.02. The third-order valence-electron chi connectivity index (χ3n) is 3.39. The number of nitrogens with zero attached hydrogens (tertiary/aromatic N) is 2. The van der Waals surface area contributed by atoms with E-state index in [1.54, 1.807) is 10.7 Å². The number of benzene rings is 1. The standard InChI is InChI=1S/C17H18F3N3O4/c1-10(2)23-14(8-9-21-23)22-15(24)11(3)26-16(25)12-4-6-13(7-5-12)27-17(18,19)20/h4-11H,1-3H3,(H,22,24)/t11-/m1/s1. The highest BCUT2D eigenvalue weighted by Crippen LogP contribution is 2.23. The van der Waals surface area contributed by atoms with Crippen molar-refractivity contribution in [2.75, 3.05) is 5.32 Å². The highest BCUT2D eigenvalue weighted by Gasteiger charge is 2.31. The summed E-state index contributed by atoms with van der Waals surface area (Å²) in [6.45, 7) is 5.15. The van der Waals surface area contributed by atoms with Crippen LogP contribution in [0.15, 0.2) is 36.5 Å². The topological polar surface area (TPSA) is 82.5 Å². The second-order valence-electron chi connectivity index (χ2n) is 5.86. The molecule has 1 amide bonds. The second kappa shape index (κ2) is 8.11. The summed E-state index contributed by atoms with van der Waals surface area (Å²) in [7, 11) is 0. The van der Waals surface area contributed by atoms with E-state index in [1.165, 1.54) is 13.1 Å². The van der Waals surface area contributed by atoms with Crippen molar-refractivity contribution in [3.05, 3.63) is 42.1 Å². The Morgan fingerprint density at radius 1 is 1.11 bits per heavy atom. The normalized spacial score (nSPS) is 12.6. The van der Waals surface area contributed by atoms with Crippen molar-refractivity contribution >= 4 is 17.7 Å². The van der Waals surface area contributed by atoms with Gasteiger partial charge in [-0.3, -0.25) is 4.79 Å². The predicted molar refractivity (Wildman–Crippen MR) is 89.2 cm³/mol. The van der Waals surface area contributed by atoms with Crippen LogP contribution < -0.4 is 10.1 Å². The lowest BCUT2D eigenvalue weighted by molar-refractivity contribution is -0.274. The van der Waals surface area contributed by atoms with E-state index in [-0.39, 0.29) is 11.6 Å². The molecule has 0 aliphatic heterocycles. The summed E-state index contributed by atoms with van der Waals surface area (Å²) in [6, 6.07) is 5.81. The summed E-state index contributed by atoms with van der Waals surface area (Å²) in [6.07, 6.45) is -4.42. The molecule has 0 fully saturated rings. The maximum Gasteiger partial charge on any atom is 0.573 e. The molecule has 10 heteroatoms. The SMILES string of the molecule is CC(C)n1nccc1NC(=O)[C@@H](C)OC(=O)c1ccc(OC(F)(F)F)cc1. The molecule has 2 rings (SSSR count). The Balaban J connectivity index is 1.96. The number of amides is 1. The Morgan fingerprint density at radius 2 is 1.74 bits per heavy atom. The van der Waals surface area contributed by atoms with Crippen LogP contribution in [0.3, 0.4) is 0 Å². The van der Waals surface area contributed by atoms with Crippen LogP contribution in [-0.2, 0) is 9.53 Å². The van der Waals surface area contributed by atoms with E-state index in [9.17, 15) is 22.8 Å². The molecule has 2 aromatic rings. The minimum atomic E-state index is -4.82. The lowest BCUT2D eigenvalue weighted by Crippen LogP contribution is -2.31. The predicted octanol–water partition coefficient (Wildman–Crippen LogP) is 3.55. The highest BCUT2D eigenvalue weighted by atomic mass is 19.4. The van der Waals surface area contributed by atoms with Gasteiger partial charge in [-0.15, -0.1) is 13.2 Å². The van der Waals surface area contributed by atoms with Gasteiger partial charge in [0.05, 0.1) is 11.8 Å². The molecule has 7 nitrogen and oxygen atoms in total. The Bertz CT molecular complexity index is 801. The van der Waals surface area contributed by atoms with Gasteiger partial charge in [-0.05, 0) is 45.0 Å². The van der Waals surface area contributed by atoms with Gasteiger partial charge in [-0.1, -0.05) is 0 Å². The van der Waals surface area contributed by atoms with Crippen LogP contribution in [0.2, 0.25) is 0 Å². The fraction of sp³-hybridized carbons (Fsp3) is 0.353. The molecule has 0 spiro atoms. The zero-order chi connectivity index (χ0) is 20.2. The molecule has 0 saturated carbocycles. The maximum atomic E-state index is 12.2. The molecular formula is C17H18F3N3O4. The fourth-order valence-electron chi connectivity index (χ4n) is 2.13. The summed E-state index contributed by atoms with van der Waals surface area (Å²) >= 11 is 0. The summed E-state index contributed by atoms with van der Waals surface area (Å²) < 4.78 is 46.7. The van der Waals surface area contributed by atoms with Crippen LogP contribution in [-0.4, -0.2) is 34.1 Å². The summed E-state index contributed by atoms with van der Waals surface area (Å²) in [5.74, 6) is -1.44. The van der Waals surface area contributed by atoms with Gasteiger partial charge in [0.15, 0.2) is 6.10 Å². The molecule has 0 unspecified atom stereocenters. The maximum absolute atomic E-state index is 12.2. The van der Waals surface area contributed by atoms with Gasteiger partial charge in [0.25, 0.3) is 5.91 Å². The van der Waals surface area contributed by atoms with Crippen LogP contribution in [0.5, 0.6) is 5.75 Å². The minimum Gasteiger partial charge on any atom is -0.449 e. The average molecular weight is 385 g/mol. The monoisotopic (exact) mass is 385 g/mol. The summed E-state index contributed by atoms with van der Waals surface area (Å²) in [5.41, 5.74) is -0.0172. The van der Waals surface area contributed by atoms with Crippen LogP contribution >= 0.6 is 0 Å². The molecular weight excluding hydrogens is 367 g/mol. The van der Waals surface area contributed by atoms with Crippen molar-refractivity contribution in [2.24, 2.45) is 0 Å². The van der Waals surface area contributed by atoms with Crippen LogP contribution in [0, 0.1) is 0 Å². The molecule has 1 aromatic carbocycles. The largest absolute Gasteiger partial charge is 0.573 e. The number of ether oxygens (including phenoxy) is 2. The first-order valence-electron chi connectivity index (χ1n) is 7.98. The Labute approximate surface area is 153 Å². The van der Waals surface area contributed by atoms with Crippen LogP contribution in [0.25, 0.3) is 0 Å². The number of hydrogen-bond acceptors (Lipinski definition) is 5. The summed E-state index contributed by atoms with van der Waals surface area (Å²) in [4.78, 5) is 24.2. The van der Waals surface area contributed by atoms with Gasteiger partial charge < -0.3 is 14.8 Å². The number of carbonyl (C=O) groups is 2. The molecule has 27 heavy (non-hydrogen) atoms. The van der Waals surface area contributed by atoms with Crippen LogP contribution in [0.1, 0.15) is 37.2 Å². The molecule has 0 aliphatic carbocycles. The summed E-state index contributed by atoms with van der Waals surface area (Å²) in [5, 5.41) is 6.68. The first-order valence-corrected chi connectivity index (χ1v) is 7.98. The number of carbonyl (C=O) groups excluding carboxylic acids is 2. The molecule has 1 heterocycles. The number of alkyl halides is 3. The molecule has 146 valence electrons. The first-order chi connectivity index (χ1) is 12.6. The Morgan fingerprint density at radius 3 is 2.30 bits per heavy atom. The number of anilines is 1. The van der Waals surface area contributed by atoms with E-state index in [2.05, 4.69) is 15.2 Å². The van der Waals surface area contributed by atoms with Gasteiger partial charge in [0.2, 0.25) is 0 Å². The van der Waals surface area contributed by atoms with E-state index in [0.717, 1.165) is 24.3 Å². The van der Waals surface area contributed by atoms with E-state index < -0.39 is 30.1 Å². The van der Waals surface area contributed by atoms with Gasteiger partial charge in [-0.2, -0.15) is 5.10 Å². The van der Waals surface area contributed by atoms with Crippen molar-refractivity contribution in [2.45, 2.75) is 39.3 Å². The van der Waals surface area contributed by atoms with Crippen LogP contribution in [0.4, 0.5) is 19.0 Å². The molecule has 1 N–H and O–H groups in total. The lowest BCUT2D eigenvalue weighted by atomic mass is 10.2. The van der Waals surface area contributed by atoms with Crippen molar-refractivity contribution in [1.82, 2.24) is 9.78 Å². The number of esters is 1. The van der Waals surface area contributed by atoms with Gasteiger partial charge >= 0.3 is 12.3 Å². The van der Waals surface area contributed by atoms with E-state index >= 15 is 0 Å². The molecule has 0 radical (unpaired) electrons. The third-order valence-corrected chi connectivity index (χ3v) is 3.39. The number of nitrogens with one attached hydrogen (secondary N) is 1. The van der Waals surface area contributed by atoms with Crippen molar-refractivity contribution < 1.29 is 32.2 Å². The van der Waals surface area contributed by atoms with Gasteiger partial charge in [0.1, 0.15) is 11.6 Å². The van der Waals surface area contributed by atoms with Gasteiger partial charge in [-0.25, -0.2) is 9.48 Å². The fourth-order valence-corrected chi connectivity index (χ4v) is 2.13. The highest BCUT2D eigenvalue weighted by molar-refractivity contribution is 5.96.